The average molecular weight is 308 g/mol. The molecule has 3 rings (SSSR count). The zero-order valence-corrected chi connectivity index (χ0v) is 12.8. The maximum atomic E-state index is 12.3. The fourth-order valence-corrected chi connectivity index (χ4v) is 4.50. The fourth-order valence-electron chi connectivity index (χ4n) is 2.29. The van der Waals surface area contributed by atoms with Crippen molar-refractivity contribution in [3.63, 3.8) is 0 Å². The van der Waals surface area contributed by atoms with E-state index in [4.69, 9.17) is 10.5 Å². The van der Waals surface area contributed by atoms with Crippen molar-refractivity contribution in [1.82, 2.24) is 5.32 Å². The lowest BCUT2D eigenvalue weighted by molar-refractivity contribution is 0.0946. The molecule has 1 aliphatic heterocycles. The predicted octanol–water partition coefficient (Wildman–Crippen LogP) is 2.73. The van der Waals surface area contributed by atoms with Crippen molar-refractivity contribution in [2.24, 2.45) is 0 Å². The Balaban J connectivity index is 1.90. The molecule has 6 heteroatoms. The number of anilines is 1. The number of thioether (sulfide) groups is 1. The van der Waals surface area contributed by atoms with Crippen LogP contribution in [0, 0.1) is 0 Å². The molecule has 0 spiro atoms. The molecule has 0 bridgehead atoms. The van der Waals surface area contributed by atoms with Crippen LogP contribution in [0.15, 0.2) is 18.2 Å². The highest BCUT2D eigenvalue weighted by Crippen LogP contribution is 2.36. The molecule has 20 heavy (non-hydrogen) atoms. The SMILES string of the molecule is COc1ccc2c(N)c(C(=O)NC3CCSC3)sc2c1. The summed E-state index contributed by atoms with van der Waals surface area (Å²) in [6, 6.07) is 5.95. The number of nitrogen functional groups attached to an aromatic ring is 1. The second kappa shape index (κ2) is 5.54. The van der Waals surface area contributed by atoms with Gasteiger partial charge in [-0.15, -0.1) is 11.3 Å². The van der Waals surface area contributed by atoms with Gasteiger partial charge in [-0.25, -0.2) is 0 Å². The van der Waals surface area contributed by atoms with Crippen LogP contribution in [0.25, 0.3) is 10.1 Å². The molecule has 3 N–H and O–H groups in total. The number of ether oxygens (including phenoxy) is 1. The van der Waals surface area contributed by atoms with Gasteiger partial charge in [0.05, 0.1) is 12.8 Å². The number of carbonyl (C=O) groups excluding carboxylic acids is 1. The van der Waals surface area contributed by atoms with Crippen LogP contribution in [0.3, 0.4) is 0 Å². The van der Waals surface area contributed by atoms with Gasteiger partial charge in [0.25, 0.3) is 5.91 Å². The molecule has 0 radical (unpaired) electrons. The van der Waals surface area contributed by atoms with Crippen LogP contribution < -0.4 is 15.8 Å². The summed E-state index contributed by atoms with van der Waals surface area (Å²) in [5.74, 6) is 2.82. The average Bonchev–Trinajstić information content (AvgIpc) is 3.06. The highest BCUT2D eigenvalue weighted by atomic mass is 32.2. The van der Waals surface area contributed by atoms with Gasteiger partial charge in [-0.05, 0) is 30.4 Å². The first-order valence-electron chi connectivity index (χ1n) is 6.43. The van der Waals surface area contributed by atoms with Crippen molar-refractivity contribution >= 4 is 44.8 Å². The first kappa shape index (κ1) is 13.6. The lowest BCUT2D eigenvalue weighted by Gasteiger charge is -2.10. The van der Waals surface area contributed by atoms with Gasteiger partial charge in [0.2, 0.25) is 0 Å². The number of nitrogens with two attached hydrogens (primary N) is 1. The van der Waals surface area contributed by atoms with Crippen molar-refractivity contribution in [2.45, 2.75) is 12.5 Å². The Kier molecular flexibility index (Phi) is 3.76. The van der Waals surface area contributed by atoms with Gasteiger partial charge < -0.3 is 15.8 Å². The maximum Gasteiger partial charge on any atom is 0.263 e. The lowest BCUT2D eigenvalue weighted by Crippen LogP contribution is -2.34. The van der Waals surface area contributed by atoms with E-state index in [9.17, 15) is 4.79 Å². The van der Waals surface area contributed by atoms with Crippen LogP contribution in [0.2, 0.25) is 0 Å². The Bertz CT molecular complexity index is 648. The Morgan fingerprint density at radius 3 is 3.05 bits per heavy atom. The summed E-state index contributed by atoms with van der Waals surface area (Å²) in [6.07, 6.45) is 1.04. The van der Waals surface area contributed by atoms with E-state index in [1.54, 1.807) is 7.11 Å². The number of methoxy groups -OCH3 is 1. The molecule has 1 unspecified atom stereocenters. The summed E-state index contributed by atoms with van der Waals surface area (Å²) in [4.78, 5) is 12.9. The number of rotatable bonds is 3. The molecule has 2 aromatic rings. The van der Waals surface area contributed by atoms with Gasteiger partial charge in [0, 0.05) is 21.9 Å². The second-order valence-corrected chi connectivity index (χ2v) is 6.94. The van der Waals surface area contributed by atoms with E-state index in [0.717, 1.165) is 33.8 Å². The Labute approximate surface area is 125 Å². The van der Waals surface area contributed by atoms with Gasteiger partial charge >= 0.3 is 0 Å². The molecule has 2 heterocycles. The van der Waals surface area contributed by atoms with E-state index in [1.165, 1.54) is 11.3 Å². The van der Waals surface area contributed by atoms with E-state index in [2.05, 4.69) is 5.32 Å². The molecule has 1 fully saturated rings. The highest BCUT2D eigenvalue weighted by molar-refractivity contribution is 7.99. The van der Waals surface area contributed by atoms with Crippen LogP contribution in [0.4, 0.5) is 5.69 Å². The van der Waals surface area contributed by atoms with Crippen molar-refractivity contribution in [2.75, 3.05) is 24.3 Å². The monoisotopic (exact) mass is 308 g/mol. The van der Waals surface area contributed by atoms with Gasteiger partial charge in [0.1, 0.15) is 10.6 Å². The molecule has 106 valence electrons. The van der Waals surface area contributed by atoms with Crippen LogP contribution in [-0.2, 0) is 0 Å². The third kappa shape index (κ3) is 2.45. The lowest BCUT2D eigenvalue weighted by atomic mass is 10.2. The van der Waals surface area contributed by atoms with Crippen molar-refractivity contribution in [1.29, 1.82) is 0 Å². The molecule has 1 aromatic carbocycles. The Hall–Kier alpha value is -1.40. The van der Waals surface area contributed by atoms with Gasteiger partial charge in [-0.2, -0.15) is 11.8 Å². The second-order valence-electron chi connectivity index (χ2n) is 4.74. The van der Waals surface area contributed by atoms with Crippen LogP contribution in [0.1, 0.15) is 16.1 Å². The summed E-state index contributed by atoms with van der Waals surface area (Å²) in [6.45, 7) is 0. The minimum absolute atomic E-state index is 0.0600. The summed E-state index contributed by atoms with van der Waals surface area (Å²) >= 11 is 3.30. The summed E-state index contributed by atoms with van der Waals surface area (Å²) in [7, 11) is 1.63. The van der Waals surface area contributed by atoms with Crippen LogP contribution in [-0.4, -0.2) is 30.6 Å². The standard InChI is InChI=1S/C14H16N2O2S2/c1-18-9-2-3-10-11(6-9)20-13(12(10)15)14(17)16-8-4-5-19-7-8/h2-3,6,8H,4-5,7,15H2,1H3,(H,16,17). The number of hydrogen-bond acceptors (Lipinski definition) is 5. The minimum Gasteiger partial charge on any atom is -0.497 e. The molecule has 1 atom stereocenters. The molecule has 1 saturated heterocycles. The quantitative estimate of drug-likeness (QED) is 0.915. The molecule has 4 nitrogen and oxygen atoms in total. The maximum absolute atomic E-state index is 12.3. The predicted molar refractivity (Wildman–Crippen MR) is 86.0 cm³/mol. The summed E-state index contributed by atoms with van der Waals surface area (Å²) in [5.41, 5.74) is 6.67. The minimum atomic E-state index is -0.0600. The zero-order valence-electron chi connectivity index (χ0n) is 11.1. The van der Waals surface area contributed by atoms with Crippen molar-refractivity contribution in [3.05, 3.63) is 23.1 Å². The first-order valence-corrected chi connectivity index (χ1v) is 8.41. The zero-order chi connectivity index (χ0) is 14.1. The van der Waals surface area contributed by atoms with E-state index >= 15 is 0 Å². The number of benzene rings is 1. The number of nitrogens with one attached hydrogen (secondary N) is 1. The van der Waals surface area contributed by atoms with Crippen molar-refractivity contribution in [3.8, 4) is 5.75 Å². The third-order valence-corrected chi connectivity index (χ3v) is 5.74. The summed E-state index contributed by atoms with van der Waals surface area (Å²) < 4.78 is 6.18. The topological polar surface area (TPSA) is 64.3 Å². The number of fused-ring (bicyclic) bond motifs is 1. The van der Waals surface area contributed by atoms with Gasteiger partial charge in [-0.3, -0.25) is 4.79 Å². The first-order chi connectivity index (χ1) is 9.69. The van der Waals surface area contributed by atoms with E-state index in [-0.39, 0.29) is 11.9 Å². The Morgan fingerprint density at radius 2 is 2.35 bits per heavy atom. The molecule has 1 amide bonds. The van der Waals surface area contributed by atoms with Crippen molar-refractivity contribution < 1.29 is 9.53 Å². The van der Waals surface area contributed by atoms with Gasteiger partial charge in [-0.1, -0.05) is 0 Å². The number of amides is 1. The molecular formula is C14H16N2O2S2. The number of carbonyl (C=O) groups is 1. The normalized spacial score (nSPS) is 18.4. The molecule has 0 aliphatic carbocycles. The summed E-state index contributed by atoms with van der Waals surface area (Å²) in [5, 5.41) is 3.98. The van der Waals surface area contributed by atoms with E-state index in [0.29, 0.717) is 10.6 Å². The molecule has 0 saturated carbocycles. The molecule has 1 aromatic heterocycles. The highest BCUT2D eigenvalue weighted by Gasteiger charge is 2.22. The fraction of sp³-hybridized carbons (Fsp3) is 0.357. The van der Waals surface area contributed by atoms with Crippen LogP contribution in [0.5, 0.6) is 5.75 Å². The smallest absolute Gasteiger partial charge is 0.263 e. The van der Waals surface area contributed by atoms with Crippen LogP contribution >= 0.6 is 23.1 Å². The molecule has 1 aliphatic rings. The van der Waals surface area contributed by atoms with Gasteiger partial charge in [0.15, 0.2) is 0 Å². The number of hydrogen-bond donors (Lipinski definition) is 2. The van der Waals surface area contributed by atoms with E-state index < -0.39 is 0 Å². The Morgan fingerprint density at radius 1 is 1.50 bits per heavy atom. The number of thiophene rings is 1. The largest absolute Gasteiger partial charge is 0.497 e. The van der Waals surface area contributed by atoms with E-state index in [1.807, 2.05) is 30.0 Å². The molecular weight excluding hydrogens is 292 g/mol. The third-order valence-electron chi connectivity index (χ3n) is 3.41.